The SMILES string of the molecule is NC(=O)c1cc(-c2ccnc(NC(=O)O)c2)cc2c1nc(CC1CC1)n2-c1ccnc2c(F)ccc(F)c12. The number of benzene rings is 2. The van der Waals surface area contributed by atoms with E-state index in [-0.39, 0.29) is 22.3 Å². The first-order chi connectivity index (χ1) is 18.3. The number of nitrogens with one attached hydrogen (secondary N) is 1. The zero-order valence-corrected chi connectivity index (χ0v) is 19.8. The Morgan fingerprint density at radius 3 is 2.50 bits per heavy atom. The highest BCUT2D eigenvalue weighted by Gasteiger charge is 2.28. The molecule has 0 radical (unpaired) electrons. The molecule has 1 aliphatic rings. The van der Waals surface area contributed by atoms with Gasteiger partial charge in [-0.05, 0) is 72.4 Å². The summed E-state index contributed by atoms with van der Waals surface area (Å²) in [6.07, 6.45) is 4.17. The monoisotopic (exact) mass is 514 g/mol. The molecule has 190 valence electrons. The Labute approximate surface area is 214 Å². The topological polar surface area (TPSA) is 136 Å². The van der Waals surface area contributed by atoms with Gasteiger partial charge in [-0.25, -0.2) is 23.5 Å². The second-order valence-corrected chi connectivity index (χ2v) is 9.21. The first kappa shape index (κ1) is 23.5. The molecule has 0 spiro atoms. The minimum atomic E-state index is -1.27. The van der Waals surface area contributed by atoms with Crippen LogP contribution in [0.15, 0.2) is 54.9 Å². The Balaban J connectivity index is 1.67. The van der Waals surface area contributed by atoms with Gasteiger partial charge >= 0.3 is 6.09 Å². The molecular weight excluding hydrogens is 494 g/mol. The minimum Gasteiger partial charge on any atom is -0.465 e. The van der Waals surface area contributed by atoms with Gasteiger partial charge in [-0.2, -0.15) is 0 Å². The lowest BCUT2D eigenvalue weighted by Gasteiger charge is -2.14. The van der Waals surface area contributed by atoms with Crippen LogP contribution in [0.3, 0.4) is 0 Å². The Bertz CT molecular complexity index is 1780. The van der Waals surface area contributed by atoms with Crippen molar-refractivity contribution in [2.24, 2.45) is 11.7 Å². The number of pyridine rings is 2. The van der Waals surface area contributed by atoms with Gasteiger partial charge in [0.25, 0.3) is 5.91 Å². The fourth-order valence-corrected chi connectivity index (χ4v) is 4.72. The van der Waals surface area contributed by atoms with Gasteiger partial charge < -0.3 is 10.8 Å². The predicted octanol–water partition coefficient (Wildman–Crippen LogP) is 5.06. The molecule has 0 unspecified atom stereocenters. The van der Waals surface area contributed by atoms with Crippen LogP contribution in [0.4, 0.5) is 19.4 Å². The zero-order valence-electron chi connectivity index (χ0n) is 19.8. The van der Waals surface area contributed by atoms with Crippen molar-refractivity contribution in [2.45, 2.75) is 19.3 Å². The summed E-state index contributed by atoms with van der Waals surface area (Å²) in [6.45, 7) is 0. The molecule has 11 heteroatoms. The number of amides is 2. The van der Waals surface area contributed by atoms with E-state index in [0.29, 0.717) is 46.0 Å². The highest BCUT2D eigenvalue weighted by molar-refractivity contribution is 6.07. The summed E-state index contributed by atoms with van der Waals surface area (Å²) in [7, 11) is 0. The van der Waals surface area contributed by atoms with Crippen LogP contribution in [0.1, 0.15) is 29.0 Å². The maximum atomic E-state index is 15.1. The number of imidazole rings is 1. The van der Waals surface area contributed by atoms with Gasteiger partial charge in [-0.1, -0.05) is 0 Å². The molecule has 5 aromatic rings. The molecule has 0 atom stereocenters. The molecular formula is C27H20F2N6O3. The number of nitrogens with zero attached hydrogens (tertiary/aromatic N) is 4. The highest BCUT2D eigenvalue weighted by Crippen LogP contribution is 2.38. The van der Waals surface area contributed by atoms with Gasteiger partial charge in [0.1, 0.15) is 34.3 Å². The Morgan fingerprint density at radius 2 is 1.76 bits per heavy atom. The van der Waals surface area contributed by atoms with Crippen molar-refractivity contribution in [1.82, 2.24) is 19.5 Å². The molecule has 2 aromatic carbocycles. The Morgan fingerprint density at radius 1 is 1.00 bits per heavy atom. The number of hydrogen-bond acceptors (Lipinski definition) is 5. The van der Waals surface area contributed by atoms with Crippen LogP contribution in [0.2, 0.25) is 0 Å². The van der Waals surface area contributed by atoms with E-state index < -0.39 is 23.6 Å². The van der Waals surface area contributed by atoms with E-state index in [1.807, 2.05) is 0 Å². The second kappa shape index (κ2) is 8.87. The van der Waals surface area contributed by atoms with Gasteiger partial charge in [0, 0.05) is 18.8 Å². The maximum Gasteiger partial charge on any atom is 0.410 e. The zero-order chi connectivity index (χ0) is 26.6. The molecule has 2 amide bonds. The predicted molar refractivity (Wildman–Crippen MR) is 136 cm³/mol. The van der Waals surface area contributed by atoms with E-state index >= 15 is 4.39 Å². The summed E-state index contributed by atoms with van der Waals surface area (Å²) in [5.41, 5.74) is 8.00. The number of primary amides is 1. The highest BCUT2D eigenvalue weighted by atomic mass is 19.1. The smallest absolute Gasteiger partial charge is 0.410 e. The van der Waals surface area contributed by atoms with Gasteiger partial charge in [0.2, 0.25) is 0 Å². The van der Waals surface area contributed by atoms with Crippen LogP contribution in [0, 0.1) is 17.6 Å². The summed E-state index contributed by atoms with van der Waals surface area (Å²) < 4.78 is 31.5. The minimum absolute atomic E-state index is 0.00766. The fraction of sp³-hybridized carbons (Fsp3) is 0.148. The number of nitrogens with two attached hydrogens (primary N) is 1. The number of carboxylic acid groups (broad SMARTS) is 1. The molecule has 0 aliphatic heterocycles. The number of anilines is 1. The van der Waals surface area contributed by atoms with Crippen molar-refractivity contribution in [3.63, 3.8) is 0 Å². The number of aromatic nitrogens is 4. The van der Waals surface area contributed by atoms with Crippen molar-refractivity contribution in [3.05, 3.63) is 77.9 Å². The maximum absolute atomic E-state index is 15.1. The molecule has 4 N–H and O–H groups in total. The Kier molecular flexibility index (Phi) is 5.48. The quantitative estimate of drug-likeness (QED) is 0.290. The number of hydrogen-bond donors (Lipinski definition) is 3. The first-order valence-electron chi connectivity index (χ1n) is 11.8. The Hall–Kier alpha value is -4.93. The third-order valence-electron chi connectivity index (χ3n) is 6.60. The molecule has 1 aliphatic carbocycles. The van der Waals surface area contributed by atoms with Crippen molar-refractivity contribution in [3.8, 4) is 16.8 Å². The van der Waals surface area contributed by atoms with E-state index in [0.717, 1.165) is 25.0 Å². The number of rotatable bonds is 6. The van der Waals surface area contributed by atoms with Crippen LogP contribution < -0.4 is 11.1 Å². The summed E-state index contributed by atoms with van der Waals surface area (Å²) in [5, 5.41) is 11.3. The lowest BCUT2D eigenvalue weighted by molar-refractivity contribution is 0.100. The average Bonchev–Trinajstić information content (AvgIpc) is 3.63. The van der Waals surface area contributed by atoms with Gasteiger partial charge in [0.15, 0.2) is 0 Å². The third kappa shape index (κ3) is 4.07. The number of fused-ring (bicyclic) bond motifs is 2. The lowest BCUT2D eigenvalue weighted by atomic mass is 10.0. The lowest BCUT2D eigenvalue weighted by Crippen LogP contribution is -2.12. The van der Waals surface area contributed by atoms with E-state index in [9.17, 15) is 14.0 Å². The molecule has 38 heavy (non-hydrogen) atoms. The molecule has 6 rings (SSSR count). The van der Waals surface area contributed by atoms with E-state index in [1.165, 1.54) is 18.5 Å². The molecule has 1 saturated carbocycles. The molecule has 3 heterocycles. The van der Waals surface area contributed by atoms with Crippen LogP contribution >= 0.6 is 0 Å². The van der Waals surface area contributed by atoms with E-state index in [4.69, 9.17) is 15.8 Å². The standard InChI is InChI=1S/C27H20F2N6O3/c28-17-3-4-18(29)25-23(17)19(6-8-32-25)35-20-11-15(14-5-7-31-21(12-14)33-27(37)38)10-16(26(30)36)24(20)34-22(35)9-13-1-2-13/h3-8,10-13H,1-2,9H2,(H2,30,36)(H,31,33)(H,37,38). The number of carbonyl (C=O) groups excluding carboxylic acids is 1. The summed E-state index contributed by atoms with van der Waals surface area (Å²) in [6, 6.07) is 10.2. The largest absolute Gasteiger partial charge is 0.465 e. The van der Waals surface area contributed by atoms with Crippen LogP contribution in [0.5, 0.6) is 0 Å². The van der Waals surface area contributed by atoms with Crippen molar-refractivity contribution in [1.29, 1.82) is 0 Å². The molecule has 0 saturated heterocycles. The molecule has 0 bridgehead atoms. The summed E-state index contributed by atoms with van der Waals surface area (Å²) >= 11 is 0. The molecule has 1 fully saturated rings. The first-order valence-corrected chi connectivity index (χ1v) is 11.8. The van der Waals surface area contributed by atoms with Crippen molar-refractivity contribution in [2.75, 3.05) is 5.32 Å². The van der Waals surface area contributed by atoms with Crippen LogP contribution in [-0.4, -0.2) is 36.6 Å². The third-order valence-corrected chi connectivity index (χ3v) is 6.60. The number of halogens is 2. The van der Waals surface area contributed by atoms with Crippen molar-refractivity contribution < 1.29 is 23.5 Å². The van der Waals surface area contributed by atoms with Gasteiger partial charge in [0.05, 0.1) is 22.2 Å². The second-order valence-electron chi connectivity index (χ2n) is 9.21. The summed E-state index contributed by atoms with van der Waals surface area (Å²) in [5.74, 6) is -0.952. The van der Waals surface area contributed by atoms with Crippen LogP contribution in [-0.2, 0) is 6.42 Å². The summed E-state index contributed by atoms with van der Waals surface area (Å²) in [4.78, 5) is 36.5. The molecule has 9 nitrogen and oxygen atoms in total. The molecule has 3 aromatic heterocycles. The van der Waals surface area contributed by atoms with Crippen molar-refractivity contribution >= 4 is 39.8 Å². The van der Waals surface area contributed by atoms with Crippen LogP contribution in [0.25, 0.3) is 38.8 Å². The van der Waals surface area contributed by atoms with E-state index in [1.54, 1.807) is 28.8 Å². The fourth-order valence-electron chi connectivity index (χ4n) is 4.72. The average molecular weight is 514 g/mol. The normalized spacial score (nSPS) is 13.2. The van der Waals surface area contributed by atoms with E-state index in [2.05, 4.69) is 15.3 Å². The number of carbonyl (C=O) groups is 2. The van der Waals surface area contributed by atoms with Gasteiger partial charge in [-0.15, -0.1) is 0 Å². The van der Waals surface area contributed by atoms with Gasteiger partial charge in [-0.3, -0.25) is 19.7 Å².